The predicted molar refractivity (Wildman–Crippen MR) is 79.8 cm³/mol. The largest absolute Gasteiger partial charge is 0.416 e. The maximum absolute atomic E-state index is 12.4. The molecule has 116 valence electrons. The second kappa shape index (κ2) is 6.94. The van der Waals surface area contributed by atoms with Gasteiger partial charge in [-0.05, 0) is 51.3 Å². The highest BCUT2D eigenvalue weighted by Gasteiger charge is 2.29. The average molecular weight is 298 g/mol. The Labute approximate surface area is 123 Å². The molecule has 1 aromatic carbocycles. The third-order valence-electron chi connectivity index (χ3n) is 3.08. The smallest absolute Gasteiger partial charge is 0.386 e. The van der Waals surface area contributed by atoms with Crippen LogP contribution in [0.3, 0.4) is 0 Å². The van der Waals surface area contributed by atoms with Crippen LogP contribution in [0.5, 0.6) is 0 Å². The van der Waals surface area contributed by atoms with Crippen molar-refractivity contribution in [3.05, 3.63) is 53.1 Å². The van der Waals surface area contributed by atoms with Gasteiger partial charge in [0.15, 0.2) is 0 Å². The summed E-state index contributed by atoms with van der Waals surface area (Å²) in [4.78, 5) is 0. The van der Waals surface area contributed by atoms with Gasteiger partial charge in [0.2, 0.25) is 0 Å². The van der Waals surface area contributed by atoms with Gasteiger partial charge in [-0.1, -0.05) is 35.9 Å². The highest BCUT2D eigenvalue weighted by Crippen LogP contribution is 2.29. The molecule has 0 aliphatic heterocycles. The van der Waals surface area contributed by atoms with Crippen LogP contribution in [-0.2, 0) is 6.18 Å². The van der Waals surface area contributed by atoms with E-state index in [9.17, 15) is 18.3 Å². The lowest BCUT2D eigenvalue weighted by Gasteiger charge is -2.18. The quantitative estimate of drug-likeness (QED) is 0.739. The molecular formula is C17H21F3O. The molecule has 0 saturated carbocycles. The van der Waals surface area contributed by atoms with Gasteiger partial charge >= 0.3 is 6.18 Å². The Balaban J connectivity index is 2.69. The van der Waals surface area contributed by atoms with Crippen molar-refractivity contribution < 1.29 is 18.3 Å². The molecule has 1 N–H and O–H groups in total. The second-order valence-electron chi connectivity index (χ2n) is 5.63. The fourth-order valence-electron chi connectivity index (χ4n) is 1.80. The van der Waals surface area contributed by atoms with Crippen molar-refractivity contribution >= 4 is 6.08 Å². The number of halogens is 3. The number of alkyl halides is 3. The zero-order chi connectivity index (χ0) is 16.1. The van der Waals surface area contributed by atoms with Gasteiger partial charge in [-0.3, -0.25) is 0 Å². The number of benzene rings is 1. The summed E-state index contributed by atoms with van der Waals surface area (Å²) in [5.41, 5.74) is 0.173. The minimum Gasteiger partial charge on any atom is -0.386 e. The van der Waals surface area contributed by atoms with Gasteiger partial charge in [0.05, 0.1) is 11.2 Å². The molecule has 1 atom stereocenters. The van der Waals surface area contributed by atoms with Crippen LogP contribution in [0.4, 0.5) is 13.2 Å². The van der Waals surface area contributed by atoms with Crippen molar-refractivity contribution in [1.29, 1.82) is 0 Å². The molecule has 1 unspecified atom stereocenters. The summed E-state index contributed by atoms with van der Waals surface area (Å²) >= 11 is 0. The molecule has 0 fully saturated rings. The van der Waals surface area contributed by atoms with Crippen molar-refractivity contribution in [2.45, 2.75) is 45.4 Å². The lowest BCUT2D eigenvalue weighted by atomic mass is 9.97. The van der Waals surface area contributed by atoms with Gasteiger partial charge < -0.3 is 5.11 Å². The molecule has 0 bridgehead atoms. The van der Waals surface area contributed by atoms with Gasteiger partial charge in [0.1, 0.15) is 0 Å². The molecule has 1 nitrogen and oxygen atoms in total. The summed E-state index contributed by atoms with van der Waals surface area (Å²) in [6.45, 7) is 5.67. The van der Waals surface area contributed by atoms with E-state index in [1.54, 1.807) is 19.1 Å². The molecule has 1 aromatic rings. The van der Waals surface area contributed by atoms with Crippen LogP contribution >= 0.6 is 0 Å². The summed E-state index contributed by atoms with van der Waals surface area (Å²) in [6.07, 6.45) is 2.30. The Kier molecular flexibility index (Phi) is 5.78. The molecule has 0 aliphatic rings. The number of hydrogen-bond acceptors (Lipinski definition) is 1. The first kappa shape index (κ1) is 17.5. The van der Waals surface area contributed by atoms with Crippen LogP contribution in [0.15, 0.2) is 42.0 Å². The van der Waals surface area contributed by atoms with E-state index in [1.807, 2.05) is 19.9 Å². The van der Waals surface area contributed by atoms with E-state index in [2.05, 4.69) is 0 Å². The second-order valence-corrected chi connectivity index (χ2v) is 5.63. The molecule has 0 aliphatic carbocycles. The Hall–Kier alpha value is -1.55. The Morgan fingerprint density at radius 2 is 1.71 bits per heavy atom. The van der Waals surface area contributed by atoms with E-state index in [0.29, 0.717) is 12.0 Å². The molecule has 0 radical (unpaired) electrons. The topological polar surface area (TPSA) is 20.2 Å². The van der Waals surface area contributed by atoms with E-state index in [-0.39, 0.29) is 0 Å². The Morgan fingerprint density at radius 1 is 1.14 bits per heavy atom. The molecule has 0 aromatic heterocycles. The predicted octanol–water partition coefficient (Wildman–Crippen LogP) is 5.22. The maximum Gasteiger partial charge on any atom is 0.416 e. The third-order valence-corrected chi connectivity index (χ3v) is 3.08. The molecule has 0 saturated heterocycles. The van der Waals surface area contributed by atoms with Crippen molar-refractivity contribution in [3.8, 4) is 0 Å². The zero-order valence-corrected chi connectivity index (χ0v) is 12.5. The lowest BCUT2D eigenvalue weighted by Crippen LogP contribution is -2.19. The Morgan fingerprint density at radius 3 is 2.19 bits per heavy atom. The van der Waals surface area contributed by atoms with Crippen LogP contribution in [0.1, 0.15) is 44.7 Å². The van der Waals surface area contributed by atoms with Crippen LogP contribution in [0.2, 0.25) is 0 Å². The van der Waals surface area contributed by atoms with Crippen molar-refractivity contribution in [2.75, 3.05) is 0 Å². The lowest BCUT2D eigenvalue weighted by molar-refractivity contribution is -0.137. The summed E-state index contributed by atoms with van der Waals surface area (Å²) in [7, 11) is 0. The number of allylic oxidation sites excluding steroid dienone is 2. The summed E-state index contributed by atoms with van der Waals surface area (Å²) in [5.74, 6) is 0. The summed E-state index contributed by atoms with van der Waals surface area (Å²) in [5, 5.41) is 10.2. The van der Waals surface area contributed by atoms with E-state index in [4.69, 9.17) is 0 Å². The van der Waals surface area contributed by atoms with Gasteiger partial charge in [-0.2, -0.15) is 13.2 Å². The first-order valence-electron chi connectivity index (χ1n) is 6.82. The molecule has 0 amide bonds. The van der Waals surface area contributed by atoms with Crippen molar-refractivity contribution in [1.82, 2.24) is 0 Å². The monoisotopic (exact) mass is 298 g/mol. The fourth-order valence-corrected chi connectivity index (χ4v) is 1.80. The van der Waals surface area contributed by atoms with Gasteiger partial charge in [0.25, 0.3) is 0 Å². The SMILES string of the molecule is CC(C)=CCCC(C)(O)/C=C/c1ccc(C(F)(F)F)cc1. The van der Waals surface area contributed by atoms with Gasteiger partial charge in [-0.25, -0.2) is 0 Å². The molecule has 0 heterocycles. The number of hydrogen-bond donors (Lipinski definition) is 1. The molecule has 4 heteroatoms. The maximum atomic E-state index is 12.4. The summed E-state index contributed by atoms with van der Waals surface area (Å²) < 4.78 is 37.3. The van der Waals surface area contributed by atoms with E-state index in [1.165, 1.54) is 17.7 Å². The highest BCUT2D eigenvalue weighted by atomic mass is 19.4. The average Bonchev–Trinajstić information content (AvgIpc) is 2.35. The molecule has 1 rings (SSSR count). The highest BCUT2D eigenvalue weighted by molar-refractivity contribution is 5.51. The third kappa shape index (κ3) is 6.63. The summed E-state index contributed by atoms with van der Waals surface area (Å²) in [6, 6.07) is 4.87. The van der Waals surface area contributed by atoms with Crippen molar-refractivity contribution in [3.63, 3.8) is 0 Å². The molecule has 21 heavy (non-hydrogen) atoms. The van der Waals surface area contributed by atoms with Crippen LogP contribution in [0.25, 0.3) is 6.08 Å². The Bertz CT molecular complexity index is 504. The van der Waals surface area contributed by atoms with E-state index in [0.717, 1.165) is 18.6 Å². The zero-order valence-electron chi connectivity index (χ0n) is 12.5. The van der Waals surface area contributed by atoms with Gasteiger partial charge in [-0.15, -0.1) is 0 Å². The number of rotatable bonds is 5. The number of aliphatic hydroxyl groups is 1. The van der Waals surface area contributed by atoms with Crippen LogP contribution < -0.4 is 0 Å². The standard InChI is InChI=1S/C17H21F3O/c1-13(2)5-4-11-16(3,21)12-10-14-6-8-15(9-7-14)17(18,19)20/h5-10,12,21H,4,11H2,1-3H3/b12-10+. The van der Waals surface area contributed by atoms with E-state index >= 15 is 0 Å². The van der Waals surface area contributed by atoms with Crippen LogP contribution in [0, 0.1) is 0 Å². The molecule has 0 spiro atoms. The van der Waals surface area contributed by atoms with E-state index < -0.39 is 17.3 Å². The molecular weight excluding hydrogens is 277 g/mol. The van der Waals surface area contributed by atoms with Crippen molar-refractivity contribution in [2.24, 2.45) is 0 Å². The fraction of sp³-hybridized carbons (Fsp3) is 0.412. The first-order valence-corrected chi connectivity index (χ1v) is 6.82. The van der Waals surface area contributed by atoms with Crippen LogP contribution in [-0.4, -0.2) is 10.7 Å². The minimum absolute atomic E-state index is 0.565. The van der Waals surface area contributed by atoms with Gasteiger partial charge in [0, 0.05) is 0 Å². The first-order chi connectivity index (χ1) is 9.60. The normalized spacial score (nSPS) is 15.0. The minimum atomic E-state index is -4.32.